The molecule has 1 aromatic carbocycles. The number of benzene rings is 1. The number of hydrogen-bond acceptors (Lipinski definition) is 6. The van der Waals surface area contributed by atoms with Gasteiger partial charge in [0.25, 0.3) is 0 Å². The zero-order valence-corrected chi connectivity index (χ0v) is 9.23. The summed E-state index contributed by atoms with van der Waals surface area (Å²) in [6.07, 6.45) is -1.28. The normalized spacial score (nSPS) is 10.5. The lowest BCUT2D eigenvalue weighted by atomic mass is 10.3. The summed E-state index contributed by atoms with van der Waals surface area (Å²) >= 11 is 0. The highest BCUT2D eigenvalue weighted by atomic mass is 16.8. The molecule has 96 valence electrons. The van der Waals surface area contributed by atoms with Gasteiger partial charge < -0.3 is 4.74 Å². The summed E-state index contributed by atoms with van der Waals surface area (Å²) in [5.74, 6) is -3.02. The number of hydrogen-bond donors (Lipinski definition) is 1. The molecule has 1 amide bonds. The number of nitrogens with one attached hydrogen (secondary N) is 1. The Morgan fingerprint density at radius 1 is 1.22 bits per heavy atom. The molecule has 0 saturated heterocycles. The van der Waals surface area contributed by atoms with Crippen LogP contribution >= 0.6 is 0 Å². The fourth-order valence-electron chi connectivity index (χ4n) is 0.982. The van der Waals surface area contributed by atoms with E-state index in [-0.39, 0.29) is 0 Å². The Kier molecular flexibility index (Phi) is 3.77. The van der Waals surface area contributed by atoms with Crippen molar-refractivity contribution in [2.24, 2.45) is 0 Å². The maximum Gasteiger partial charge on any atom is 0.620 e. The van der Waals surface area contributed by atoms with E-state index in [0.29, 0.717) is 12.6 Å². The number of nitro groups is 2. The lowest BCUT2D eigenvalue weighted by Gasteiger charge is -2.12. The van der Waals surface area contributed by atoms with Crippen molar-refractivity contribution in [2.45, 2.75) is 12.8 Å². The van der Waals surface area contributed by atoms with Gasteiger partial charge >= 0.3 is 11.9 Å². The van der Waals surface area contributed by atoms with E-state index in [1.807, 2.05) is 0 Å². The van der Waals surface area contributed by atoms with Gasteiger partial charge in [0, 0.05) is 5.69 Å². The highest BCUT2D eigenvalue weighted by molar-refractivity contribution is 5.84. The molecule has 9 heteroatoms. The lowest BCUT2D eigenvalue weighted by Crippen LogP contribution is -2.48. The molecule has 1 N–H and O–H groups in total. The lowest BCUT2D eigenvalue weighted by molar-refractivity contribution is -0.838. The van der Waals surface area contributed by atoms with Crippen LogP contribution in [0.1, 0.15) is 6.92 Å². The third-order valence-corrected chi connectivity index (χ3v) is 1.98. The molecule has 0 aliphatic rings. The molecule has 0 aromatic heterocycles. The smallest absolute Gasteiger partial charge is 0.319 e. The Labute approximate surface area is 101 Å². The first-order valence-electron chi connectivity index (χ1n) is 4.70. The minimum Gasteiger partial charge on any atom is -0.319 e. The number of para-hydroxylation sites is 1. The van der Waals surface area contributed by atoms with E-state index >= 15 is 0 Å². The summed E-state index contributed by atoms with van der Waals surface area (Å²) in [6.45, 7) is 0.581. The van der Waals surface area contributed by atoms with Crippen molar-refractivity contribution >= 4 is 11.8 Å². The largest absolute Gasteiger partial charge is 0.620 e. The molecule has 0 spiro atoms. The second-order valence-corrected chi connectivity index (χ2v) is 3.33. The van der Waals surface area contributed by atoms with Crippen LogP contribution in [0.25, 0.3) is 0 Å². The van der Waals surface area contributed by atoms with Crippen LogP contribution in [-0.2, 0) is 4.74 Å². The molecule has 0 bridgehead atoms. The van der Waals surface area contributed by atoms with E-state index in [9.17, 15) is 25.0 Å². The van der Waals surface area contributed by atoms with E-state index in [1.165, 1.54) is 12.1 Å². The van der Waals surface area contributed by atoms with Crippen LogP contribution < -0.4 is 5.32 Å². The zero-order valence-electron chi connectivity index (χ0n) is 9.23. The molecule has 1 aromatic rings. The monoisotopic (exact) mass is 255 g/mol. The Balaban J connectivity index is 2.75. The summed E-state index contributed by atoms with van der Waals surface area (Å²) in [7, 11) is 0. The zero-order chi connectivity index (χ0) is 13.8. The number of carbonyl (C=O) groups is 1. The maximum atomic E-state index is 11.3. The van der Waals surface area contributed by atoms with Gasteiger partial charge in [-0.1, -0.05) is 18.2 Å². The van der Waals surface area contributed by atoms with E-state index < -0.39 is 21.8 Å². The van der Waals surface area contributed by atoms with Crippen LogP contribution in [0.15, 0.2) is 30.3 Å². The average molecular weight is 255 g/mol. The fourth-order valence-corrected chi connectivity index (χ4v) is 0.982. The molecule has 0 aliphatic heterocycles. The van der Waals surface area contributed by atoms with E-state index in [0.717, 1.165) is 0 Å². The van der Waals surface area contributed by atoms with Crippen LogP contribution in [-0.4, -0.2) is 21.8 Å². The summed E-state index contributed by atoms with van der Waals surface area (Å²) < 4.78 is 4.22. The fraction of sp³-hybridized carbons (Fsp3) is 0.222. The van der Waals surface area contributed by atoms with E-state index in [2.05, 4.69) is 10.1 Å². The number of nitrogens with zero attached hydrogens (tertiary/aromatic N) is 2. The molecule has 0 fully saturated rings. The SMILES string of the molecule is CC(OC(=O)Nc1ccccc1)([N+](=O)[O-])[N+](=O)[O-]. The maximum absolute atomic E-state index is 11.3. The van der Waals surface area contributed by atoms with Crippen molar-refractivity contribution in [3.05, 3.63) is 50.6 Å². The van der Waals surface area contributed by atoms with Crippen LogP contribution in [0.3, 0.4) is 0 Å². The molecule has 0 unspecified atom stereocenters. The molecule has 18 heavy (non-hydrogen) atoms. The van der Waals surface area contributed by atoms with E-state index in [4.69, 9.17) is 0 Å². The minimum absolute atomic E-state index is 0.302. The number of ether oxygens (including phenoxy) is 1. The average Bonchev–Trinajstić information content (AvgIpc) is 2.29. The van der Waals surface area contributed by atoms with Gasteiger partial charge in [-0.2, -0.15) is 0 Å². The topological polar surface area (TPSA) is 125 Å². The van der Waals surface area contributed by atoms with Crippen molar-refractivity contribution in [2.75, 3.05) is 5.32 Å². The molecule has 0 saturated carbocycles. The predicted molar refractivity (Wildman–Crippen MR) is 58.9 cm³/mol. The third-order valence-electron chi connectivity index (χ3n) is 1.98. The first-order chi connectivity index (χ1) is 8.36. The van der Waals surface area contributed by atoms with Crippen molar-refractivity contribution < 1.29 is 19.4 Å². The Morgan fingerprint density at radius 2 is 1.72 bits per heavy atom. The second kappa shape index (κ2) is 5.08. The van der Waals surface area contributed by atoms with Crippen LogP contribution in [0.2, 0.25) is 0 Å². The first-order valence-corrected chi connectivity index (χ1v) is 4.70. The minimum atomic E-state index is -3.02. The molecular weight excluding hydrogens is 246 g/mol. The summed E-state index contributed by atoms with van der Waals surface area (Å²) in [4.78, 5) is 29.7. The Bertz CT molecular complexity index is 460. The van der Waals surface area contributed by atoms with Crippen molar-refractivity contribution in [1.82, 2.24) is 0 Å². The molecule has 0 atom stereocenters. The summed E-state index contributed by atoms with van der Waals surface area (Å²) in [5.41, 5.74) is 0.302. The van der Waals surface area contributed by atoms with E-state index in [1.54, 1.807) is 18.2 Å². The van der Waals surface area contributed by atoms with Crippen LogP contribution in [0.5, 0.6) is 0 Å². The van der Waals surface area contributed by atoms with Crippen molar-refractivity contribution in [3.8, 4) is 0 Å². The number of amides is 1. The summed E-state index contributed by atoms with van der Waals surface area (Å²) in [6, 6.07) is 7.90. The molecule has 9 nitrogen and oxygen atoms in total. The highest BCUT2D eigenvalue weighted by Gasteiger charge is 2.56. The molecule has 1 rings (SSSR count). The van der Waals surface area contributed by atoms with Gasteiger partial charge in [0.1, 0.15) is 16.8 Å². The first kappa shape index (κ1) is 13.4. The van der Waals surface area contributed by atoms with Gasteiger partial charge in [0.2, 0.25) is 0 Å². The second-order valence-electron chi connectivity index (χ2n) is 3.33. The number of rotatable bonds is 4. The van der Waals surface area contributed by atoms with Gasteiger partial charge in [0.15, 0.2) is 0 Å². The molecular formula is C9H9N3O6. The van der Waals surface area contributed by atoms with Gasteiger partial charge in [0.05, 0.1) is 0 Å². The van der Waals surface area contributed by atoms with Crippen molar-refractivity contribution in [3.63, 3.8) is 0 Å². The Morgan fingerprint density at radius 3 is 2.17 bits per heavy atom. The van der Waals surface area contributed by atoms with Crippen molar-refractivity contribution in [1.29, 1.82) is 0 Å². The predicted octanol–water partition coefficient (Wildman–Crippen LogP) is 1.46. The van der Waals surface area contributed by atoms with Gasteiger partial charge in [-0.15, -0.1) is 0 Å². The third kappa shape index (κ3) is 2.90. The van der Waals surface area contributed by atoms with Crippen LogP contribution in [0, 0.1) is 20.2 Å². The van der Waals surface area contributed by atoms with Gasteiger partial charge in [-0.25, -0.2) is 4.79 Å². The van der Waals surface area contributed by atoms with Gasteiger partial charge in [-0.05, 0) is 12.1 Å². The molecule has 0 aliphatic carbocycles. The van der Waals surface area contributed by atoms with Gasteiger partial charge in [-0.3, -0.25) is 25.5 Å². The summed E-state index contributed by atoms with van der Waals surface area (Å²) in [5, 5.41) is 23.2. The number of carbonyl (C=O) groups excluding carboxylic acids is 1. The Hall–Kier alpha value is -2.71. The quantitative estimate of drug-likeness (QED) is 0.493. The molecule has 0 heterocycles. The number of anilines is 1. The van der Waals surface area contributed by atoms with Crippen LogP contribution in [0.4, 0.5) is 10.5 Å². The molecule has 0 radical (unpaired) electrons. The standard InChI is InChI=1S/C9H9N3O6/c1-9(11(14)15,12(16)17)18-8(13)10-7-5-3-2-4-6-7/h2-6H,1H3,(H,10,13). The highest BCUT2D eigenvalue weighted by Crippen LogP contribution is 2.14.